The van der Waals surface area contributed by atoms with Crippen LogP contribution >= 0.6 is 39.1 Å². The van der Waals surface area contributed by atoms with Crippen molar-refractivity contribution in [1.29, 1.82) is 0 Å². The molecule has 0 aliphatic carbocycles. The fourth-order valence-corrected chi connectivity index (χ4v) is 6.39. The Bertz CT molecular complexity index is 1920. The second-order valence-corrected chi connectivity index (χ2v) is 12.5. The van der Waals surface area contributed by atoms with Gasteiger partial charge in [-0.3, -0.25) is 9.48 Å². The summed E-state index contributed by atoms with van der Waals surface area (Å²) < 4.78 is 8.40. The van der Waals surface area contributed by atoms with Gasteiger partial charge in [-0.05, 0) is 93.6 Å². The molecule has 0 saturated heterocycles. The fraction of sp³-hybridized carbons (Fsp3) is 0.242. The number of hydrogen-bond acceptors (Lipinski definition) is 4. The van der Waals surface area contributed by atoms with Crippen LogP contribution in [-0.4, -0.2) is 38.4 Å². The number of aromatic amines is 1. The number of H-pyrrole nitrogens is 1. The Hall–Kier alpha value is -3.79. The molecule has 0 fully saturated rings. The third-order valence-electron chi connectivity index (χ3n) is 7.67. The van der Waals surface area contributed by atoms with E-state index in [4.69, 9.17) is 27.9 Å². The number of hydrogen-bond donors (Lipinski definition) is 3. The van der Waals surface area contributed by atoms with Crippen molar-refractivity contribution in [2.75, 3.05) is 11.9 Å². The van der Waals surface area contributed by atoms with Gasteiger partial charge in [-0.1, -0.05) is 45.2 Å². The summed E-state index contributed by atoms with van der Waals surface area (Å²) in [5.74, 6) is -0.764. The van der Waals surface area contributed by atoms with Crippen LogP contribution in [0.5, 0.6) is 5.75 Å². The number of halogens is 3. The molecule has 228 valence electrons. The topological polar surface area (TPSA) is 109 Å². The third kappa shape index (κ3) is 6.22. The lowest BCUT2D eigenvalue weighted by Gasteiger charge is -2.11. The van der Waals surface area contributed by atoms with E-state index < -0.39 is 11.9 Å². The number of nitrogens with zero attached hydrogens (tertiary/aromatic N) is 2. The van der Waals surface area contributed by atoms with Crippen molar-refractivity contribution in [3.63, 3.8) is 0 Å². The van der Waals surface area contributed by atoms with E-state index in [2.05, 4.69) is 31.3 Å². The van der Waals surface area contributed by atoms with E-state index in [1.165, 1.54) is 12.1 Å². The Kier molecular flexibility index (Phi) is 9.11. The molecule has 8 nitrogen and oxygen atoms in total. The Morgan fingerprint density at radius 1 is 1.05 bits per heavy atom. The van der Waals surface area contributed by atoms with Gasteiger partial charge in [0.25, 0.3) is 5.91 Å². The van der Waals surface area contributed by atoms with Gasteiger partial charge in [-0.15, -0.1) is 0 Å². The number of carboxylic acid groups (broad SMARTS) is 1. The summed E-state index contributed by atoms with van der Waals surface area (Å²) in [6.07, 6.45) is 1.15. The minimum absolute atomic E-state index is 0.0490. The maximum atomic E-state index is 13.8. The second-order valence-electron chi connectivity index (χ2n) is 10.8. The monoisotopic (exact) mass is 696 g/mol. The Labute approximate surface area is 273 Å². The number of carbonyl (C=O) groups is 2. The molecule has 0 bridgehead atoms. The number of benzene rings is 3. The van der Waals surface area contributed by atoms with E-state index in [-0.39, 0.29) is 5.56 Å². The molecule has 0 saturated carbocycles. The molecule has 5 rings (SSSR count). The Balaban J connectivity index is 1.54. The van der Waals surface area contributed by atoms with E-state index in [0.29, 0.717) is 40.3 Å². The number of aryl methyl sites for hydroxylation is 5. The molecule has 2 heterocycles. The minimum Gasteiger partial charge on any atom is -0.494 e. The van der Waals surface area contributed by atoms with Gasteiger partial charge in [0, 0.05) is 44.4 Å². The van der Waals surface area contributed by atoms with Crippen LogP contribution in [0.1, 0.15) is 55.3 Å². The van der Waals surface area contributed by atoms with Crippen molar-refractivity contribution in [3.8, 4) is 16.9 Å². The van der Waals surface area contributed by atoms with Crippen molar-refractivity contribution in [3.05, 3.63) is 96.3 Å². The summed E-state index contributed by atoms with van der Waals surface area (Å²) >= 11 is 16.5. The average Bonchev–Trinajstić information content (AvgIpc) is 3.45. The lowest BCUT2D eigenvalue weighted by Crippen LogP contribution is -2.15. The van der Waals surface area contributed by atoms with Gasteiger partial charge in [0.05, 0.1) is 28.4 Å². The quantitative estimate of drug-likeness (QED) is 0.133. The molecular weight excluding hydrogens is 667 g/mol. The van der Waals surface area contributed by atoms with Crippen LogP contribution in [0.4, 0.5) is 5.69 Å². The number of rotatable bonds is 9. The molecule has 0 aliphatic rings. The molecule has 0 aliphatic heterocycles. The molecule has 1 amide bonds. The van der Waals surface area contributed by atoms with Crippen LogP contribution in [-0.2, 0) is 13.5 Å². The minimum atomic E-state index is -1.10. The number of carbonyl (C=O) groups excluding carboxylic acids is 1. The van der Waals surface area contributed by atoms with Gasteiger partial charge in [0.1, 0.15) is 11.4 Å². The van der Waals surface area contributed by atoms with Crippen LogP contribution < -0.4 is 10.1 Å². The zero-order valence-corrected chi connectivity index (χ0v) is 28.0. The highest BCUT2D eigenvalue weighted by Crippen LogP contribution is 2.40. The van der Waals surface area contributed by atoms with E-state index in [0.717, 1.165) is 60.9 Å². The maximum absolute atomic E-state index is 13.8. The Morgan fingerprint density at radius 3 is 2.39 bits per heavy atom. The summed E-state index contributed by atoms with van der Waals surface area (Å²) in [6, 6.07) is 12.1. The first-order valence-electron chi connectivity index (χ1n) is 13.9. The molecule has 44 heavy (non-hydrogen) atoms. The van der Waals surface area contributed by atoms with Crippen LogP contribution in [0.15, 0.2) is 46.9 Å². The van der Waals surface area contributed by atoms with E-state index in [9.17, 15) is 14.7 Å². The first-order valence-corrected chi connectivity index (χ1v) is 15.5. The van der Waals surface area contributed by atoms with Crippen LogP contribution in [0.2, 0.25) is 10.0 Å². The fourth-order valence-electron chi connectivity index (χ4n) is 5.53. The molecule has 0 atom stereocenters. The summed E-state index contributed by atoms with van der Waals surface area (Å²) in [5, 5.41) is 19.1. The first-order chi connectivity index (χ1) is 20.8. The smallest absolute Gasteiger partial charge is 0.335 e. The number of nitrogens with one attached hydrogen (secondary N) is 2. The molecule has 3 aromatic carbocycles. The number of aromatic carboxylic acids is 1. The maximum Gasteiger partial charge on any atom is 0.335 e. The first kappa shape index (κ1) is 31.6. The average molecular weight is 698 g/mol. The zero-order valence-electron chi connectivity index (χ0n) is 24.9. The SMILES string of the molecule is Cc1cc(OCCCc2c(C(=O)Nc3cc(Br)cc(C(=O)O)c3)[nH]c3c(-c4c(C)nn(C)c4C)c(Cl)ccc23)cc(C)c1Cl. The van der Waals surface area contributed by atoms with Crippen LogP contribution in [0.25, 0.3) is 22.0 Å². The molecule has 2 aromatic heterocycles. The van der Waals surface area contributed by atoms with Crippen molar-refractivity contribution < 1.29 is 19.4 Å². The number of ether oxygens (including phenoxy) is 1. The molecule has 5 aromatic rings. The van der Waals surface area contributed by atoms with Crippen molar-refractivity contribution >= 4 is 67.6 Å². The van der Waals surface area contributed by atoms with E-state index in [1.807, 2.05) is 63.7 Å². The number of amides is 1. The molecular formula is C33H31BrCl2N4O4. The summed E-state index contributed by atoms with van der Waals surface area (Å²) in [4.78, 5) is 28.8. The summed E-state index contributed by atoms with van der Waals surface area (Å²) in [6.45, 7) is 8.21. The van der Waals surface area contributed by atoms with Crippen molar-refractivity contribution in [2.45, 2.75) is 40.5 Å². The van der Waals surface area contributed by atoms with Crippen LogP contribution in [0, 0.1) is 27.7 Å². The highest BCUT2D eigenvalue weighted by atomic mass is 79.9. The van der Waals surface area contributed by atoms with E-state index in [1.54, 1.807) is 6.07 Å². The molecule has 0 unspecified atom stereocenters. The van der Waals surface area contributed by atoms with E-state index >= 15 is 0 Å². The lowest BCUT2D eigenvalue weighted by atomic mass is 9.98. The highest BCUT2D eigenvalue weighted by molar-refractivity contribution is 9.10. The predicted octanol–water partition coefficient (Wildman–Crippen LogP) is 8.83. The highest BCUT2D eigenvalue weighted by Gasteiger charge is 2.24. The molecule has 0 radical (unpaired) electrons. The number of aromatic nitrogens is 3. The summed E-state index contributed by atoms with van der Waals surface area (Å²) in [5.41, 5.74) is 7.60. The summed E-state index contributed by atoms with van der Waals surface area (Å²) in [7, 11) is 1.88. The van der Waals surface area contributed by atoms with Gasteiger partial charge >= 0.3 is 5.97 Å². The molecule has 3 N–H and O–H groups in total. The lowest BCUT2D eigenvalue weighted by molar-refractivity contribution is 0.0696. The molecule has 11 heteroatoms. The van der Waals surface area contributed by atoms with Crippen molar-refractivity contribution in [2.24, 2.45) is 7.05 Å². The largest absolute Gasteiger partial charge is 0.494 e. The normalized spacial score (nSPS) is 11.3. The standard InChI is InChI=1S/C33H31BrCl2N4O4/c1-16-11-23(12-17(2)29(16)36)44-10-6-7-24-25-8-9-26(35)28(27-18(3)39-40(5)19(27)4)30(25)38-31(24)32(41)37-22-14-20(33(42)43)13-21(34)15-22/h8-9,11-15,38H,6-7,10H2,1-5H3,(H,37,41)(H,42,43). The third-order valence-corrected chi connectivity index (χ3v) is 9.04. The second kappa shape index (κ2) is 12.7. The predicted molar refractivity (Wildman–Crippen MR) is 179 cm³/mol. The molecule has 0 spiro atoms. The number of fused-ring (bicyclic) bond motifs is 1. The van der Waals surface area contributed by atoms with Gasteiger partial charge in [0.15, 0.2) is 0 Å². The van der Waals surface area contributed by atoms with Gasteiger partial charge in [-0.25, -0.2) is 4.79 Å². The zero-order chi connectivity index (χ0) is 31.9. The van der Waals surface area contributed by atoms with Crippen molar-refractivity contribution in [1.82, 2.24) is 14.8 Å². The number of anilines is 1. The van der Waals surface area contributed by atoms with Gasteiger partial charge in [-0.2, -0.15) is 5.10 Å². The Morgan fingerprint density at radius 2 is 1.75 bits per heavy atom. The number of carboxylic acids is 1. The van der Waals surface area contributed by atoms with Gasteiger partial charge < -0.3 is 20.1 Å². The van der Waals surface area contributed by atoms with Crippen LogP contribution in [0.3, 0.4) is 0 Å². The van der Waals surface area contributed by atoms with Gasteiger partial charge in [0.2, 0.25) is 0 Å².